The van der Waals surface area contributed by atoms with E-state index in [4.69, 9.17) is 0 Å². The Morgan fingerprint density at radius 1 is 1.18 bits per heavy atom. The van der Waals surface area contributed by atoms with Gasteiger partial charge in [0, 0.05) is 19.2 Å². The molecule has 1 atom stereocenters. The van der Waals surface area contributed by atoms with Crippen molar-refractivity contribution in [3.05, 3.63) is 29.8 Å². The van der Waals surface area contributed by atoms with Crippen molar-refractivity contribution >= 4 is 21.6 Å². The van der Waals surface area contributed by atoms with Gasteiger partial charge < -0.3 is 4.90 Å². The van der Waals surface area contributed by atoms with Crippen LogP contribution in [0.25, 0.3) is 0 Å². The van der Waals surface area contributed by atoms with Gasteiger partial charge >= 0.3 is 0 Å². The number of rotatable bonds is 6. The van der Waals surface area contributed by atoms with Crippen LogP contribution >= 0.6 is 0 Å². The van der Waals surface area contributed by atoms with E-state index in [-0.39, 0.29) is 5.69 Å². The number of carbonyl (C=O) groups excluding carboxylic acids is 1. The smallest absolute Gasteiger partial charge is 0.246 e. The minimum absolute atomic E-state index is 0.0885. The van der Waals surface area contributed by atoms with Crippen molar-refractivity contribution < 1.29 is 22.0 Å². The molecule has 0 aliphatic heterocycles. The first kappa shape index (κ1) is 18.3. The molecule has 22 heavy (non-hydrogen) atoms. The molecular formula is C14H20F2N2O3S. The molecule has 0 heterocycles. The molecule has 0 saturated carbocycles. The molecule has 1 unspecified atom stereocenters. The van der Waals surface area contributed by atoms with Crippen LogP contribution in [0.15, 0.2) is 18.2 Å². The normalized spacial score (nSPS) is 12.8. The molecule has 0 aliphatic rings. The number of nitrogens with zero attached hydrogens (tertiary/aromatic N) is 2. The zero-order chi connectivity index (χ0) is 17.1. The van der Waals surface area contributed by atoms with Crippen molar-refractivity contribution in [2.45, 2.75) is 26.8 Å². The standard InChI is InChI=1S/C14H20F2N2O3S/c1-5-17(6-2)14(19)10(3)18(22(4,20)21)11-7-8-12(15)13(16)9-11/h7-10H,5-6H2,1-4H3. The number of amides is 1. The fourth-order valence-electron chi connectivity index (χ4n) is 2.22. The summed E-state index contributed by atoms with van der Waals surface area (Å²) in [5.41, 5.74) is -0.0885. The maximum atomic E-state index is 13.4. The van der Waals surface area contributed by atoms with Crippen LogP contribution in [0.3, 0.4) is 0 Å². The Kier molecular flexibility index (Phi) is 5.87. The fourth-order valence-corrected chi connectivity index (χ4v) is 3.39. The molecule has 8 heteroatoms. The Bertz CT molecular complexity index is 645. The predicted molar refractivity (Wildman–Crippen MR) is 81.1 cm³/mol. The van der Waals surface area contributed by atoms with Gasteiger partial charge in [0.05, 0.1) is 11.9 Å². The molecule has 124 valence electrons. The Labute approximate surface area is 129 Å². The Morgan fingerprint density at radius 2 is 1.73 bits per heavy atom. The monoisotopic (exact) mass is 334 g/mol. The summed E-state index contributed by atoms with van der Waals surface area (Å²) in [6.07, 6.45) is 0.917. The maximum absolute atomic E-state index is 13.4. The Morgan fingerprint density at radius 3 is 2.14 bits per heavy atom. The number of halogens is 2. The Balaban J connectivity index is 3.30. The van der Waals surface area contributed by atoms with Crippen LogP contribution in [0, 0.1) is 11.6 Å². The lowest BCUT2D eigenvalue weighted by molar-refractivity contribution is -0.131. The van der Waals surface area contributed by atoms with Gasteiger partial charge in [-0.05, 0) is 32.9 Å². The third kappa shape index (κ3) is 3.94. The third-order valence-electron chi connectivity index (χ3n) is 3.30. The molecule has 0 saturated heterocycles. The lowest BCUT2D eigenvalue weighted by Crippen LogP contribution is -2.49. The minimum atomic E-state index is -3.85. The second-order valence-electron chi connectivity index (χ2n) is 4.84. The SMILES string of the molecule is CCN(CC)C(=O)C(C)N(c1ccc(F)c(F)c1)S(C)(=O)=O. The molecule has 1 amide bonds. The van der Waals surface area contributed by atoms with E-state index in [9.17, 15) is 22.0 Å². The summed E-state index contributed by atoms with van der Waals surface area (Å²) in [5, 5.41) is 0. The van der Waals surface area contributed by atoms with Gasteiger partial charge in [0.1, 0.15) is 6.04 Å². The topological polar surface area (TPSA) is 57.7 Å². The minimum Gasteiger partial charge on any atom is -0.341 e. The number of hydrogen-bond acceptors (Lipinski definition) is 3. The zero-order valence-corrected chi connectivity index (χ0v) is 13.8. The van der Waals surface area contributed by atoms with Crippen LogP contribution in [0.1, 0.15) is 20.8 Å². The van der Waals surface area contributed by atoms with Crippen LogP contribution in [0.2, 0.25) is 0 Å². The molecule has 0 fully saturated rings. The molecule has 0 radical (unpaired) electrons. The van der Waals surface area contributed by atoms with Crippen LogP contribution < -0.4 is 4.31 Å². The summed E-state index contributed by atoms with van der Waals surface area (Å²) in [5.74, 6) is -2.66. The number of anilines is 1. The quantitative estimate of drug-likeness (QED) is 0.799. The maximum Gasteiger partial charge on any atom is 0.246 e. The van der Waals surface area contributed by atoms with Gasteiger partial charge in [-0.15, -0.1) is 0 Å². The molecule has 1 rings (SSSR count). The van der Waals surface area contributed by atoms with Crippen molar-refractivity contribution in [1.82, 2.24) is 4.90 Å². The average Bonchev–Trinajstić information content (AvgIpc) is 2.42. The van der Waals surface area contributed by atoms with Gasteiger partial charge in [0.2, 0.25) is 15.9 Å². The van der Waals surface area contributed by atoms with E-state index in [0.29, 0.717) is 13.1 Å². The van der Waals surface area contributed by atoms with Gasteiger partial charge in [-0.25, -0.2) is 17.2 Å². The second kappa shape index (κ2) is 7.04. The predicted octanol–water partition coefficient (Wildman–Crippen LogP) is 1.99. The lowest BCUT2D eigenvalue weighted by atomic mass is 10.2. The summed E-state index contributed by atoms with van der Waals surface area (Å²) in [4.78, 5) is 13.8. The van der Waals surface area contributed by atoms with E-state index >= 15 is 0 Å². The molecule has 0 aromatic heterocycles. The van der Waals surface area contributed by atoms with Crippen LogP contribution in [-0.2, 0) is 14.8 Å². The zero-order valence-electron chi connectivity index (χ0n) is 13.0. The molecule has 0 N–H and O–H groups in total. The van der Waals surface area contributed by atoms with Crippen molar-refractivity contribution in [2.75, 3.05) is 23.7 Å². The fraction of sp³-hybridized carbons (Fsp3) is 0.500. The van der Waals surface area contributed by atoms with Gasteiger partial charge in [0.25, 0.3) is 0 Å². The van der Waals surface area contributed by atoms with E-state index in [1.807, 2.05) is 0 Å². The highest BCUT2D eigenvalue weighted by molar-refractivity contribution is 7.92. The van der Waals surface area contributed by atoms with E-state index in [1.54, 1.807) is 13.8 Å². The lowest BCUT2D eigenvalue weighted by Gasteiger charge is -2.31. The summed E-state index contributed by atoms with van der Waals surface area (Å²) in [6.45, 7) is 5.82. The first-order valence-electron chi connectivity index (χ1n) is 6.86. The highest BCUT2D eigenvalue weighted by Gasteiger charge is 2.31. The average molecular weight is 334 g/mol. The van der Waals surface area contributed by atoms with E-state index in [0.717, 1.165) is 28.8 Å². The highest BCUT2D eigenvalue weighted by atomic mass is 32.2. The van der Waals surface area contributed by atoms with Gasteiger partial charge in [-0.2, -0.15) is 0 Å². The Hall–Kier alpha value is -1.70. The number of benzene rings is 1. The number of sulfonamides is 1. The van der Waals surface area contributed by atoms with Crippen molar-refractivity contribution in [3.63, 3.8) is 0 Å². The van der Waals surface area contributed by atoms with Crippen molar-refractivity contribution in [2.24, 2.45) is 0 Å². The highest BCUT2D eigenvalue weighted by Crippen LogP contribution is 2.23. The number of likely N-dealkylation sites (N-methyl/N-ethyl adjacent to an activating group) is 1. The summed E-state index contributed by atoms with van der Waals surface area (Å²) < 4.78 is 51.3. The van der Waals surface area contributed by atoms with Crippen molar-refractivity contribution in [1.29, 1.82) is 0 Å². The van der Waals surface area contributed by atoms with Gasteiger partial charge in [-0.1, -0.05) is 0 Å². The first-order chi connectivity index (χ1) is 10.1. The van der Waals surface area contributed by atoms with E-state index < -0.39 is 33.6 Å². The molecule has 0 aliphatic carbocycles. The number of carbonyl (C=O) groups is 1. The molecular weight excluding hydrogens is 314 g/mol. The van der Waals surface area contributed by atoms with Crippen LogP contribution in [0.4, 0.5) is 14.5 Å². The molecule has 5 nitrogen and oxygen atoms in total. The second-order valence-corrected chi connectivity index (χ2v) is 6.70. The van der Waals surface area contributed by atoms with E-state index in [2.05, 4.69) is 0 Å². The molecule has 0 bridgehead atoms. The van der Waals surface area contributed by atoms with Crippen LogP contribution in [0.5, 0.6) is 0 Å². The van der Waals surface area contributed by atoms with Gasteiger partial charge in [-0.3, -0.25) is 9.10 Å². The summed E-state index contributed by atoms with van der Waals surface area (Å²) >= 11 is 0. The summed E-state index contributed by atoms with van der Waals surface area (Å²) in [7, 11) is -3.85. The van der Waals surface area contributed by atoms with Crippen molar-refractivity contribution in [3.8, 4) is 0 Å². The molecule has 1 aromatic rings. The van der Waals surface area contributed by atoms with E-state index in [1.165, 1.54) is 11.8 Å². The largest absolute Gasteiger partial charge is 0.341 e. The summed E-state index contributed by atoms with van der Waals surface area (Å²) in [6, 6.07) is 1.67. The number of hydrogen-bond donors (Lipinski definition) is 0. The van der Waals surface area contributed by atoms with Crippen LogP contribution in [-0.4, -0.2) is 44.6 Å². The molecule has 0 spiro atoms. The third-order valence-corrected chi connectivity index (χ3v) is 4.54. The molecule has 1 aromatic carbocycles. The van der Waals surface area contributed by atoms with Gasteiger partial charge in [0.15, 0.2) is 11.6 Å². The first-order valence-corrected chi connectivity index (χ1v) is 8.71.